The number of nitrogens with one attached hydrogen (secondary N) is 1. The average Bonchev–Trinajstić information content (AvgIpc) is 2.42. The van der Waals surface area contributed by atoms with E-state index in [1.54, 1.807) is 0 Å². The molecule has 1 N–H and O–H groups in total. The molecule has 0 aromatic heterocycles. The number of ether oxygens (including phenoxy) is 1. The molecule has 0 amide bonds. The van der Waals surface area contributed by atoms with E-state index in [4.69, 9.17) is 4.74 Å². The topological polar surface area (TPSA) is 27.7 Å². The van der Waals surface area contributed by atoms with Crippen molar-refractivity contribution in [3.8, 4) is 0 Å². The van der Waals surface area contributed by atoms with Crippen LogP contribution < -0.4 is 5.32 Å². The van der Waals surface area contributed by atoms with Crippen molar-refractivity contribution in [1.29, 1.82) is 0 Å². The summed E-state index contributed by atoms with van der Waals surface area (Å²) >= 11 is 0. The quantitative estimate of drug-likeness (QED) is 0.624. The minimum absolute atomic E-state index is 0.413. The zero-order valence-electron chi connectivity index (χ0n) is 12.5. The lowest BCUT2D eigenvalue weighted by Crippen LogP contribution is -2.46. The largest absolute Gasteiger partial charge is 0.378 e. The zero-order chi connectivity index (χ0) is 13.2. The summed E-state index contributed by atoms with van der Waals surface area (Å²) in [5.74, 6) is 0. The van der Waals surface area contributed by atoms with Crippen LogP contribution in [0.25, 0.3) is 0 Å². The van der Waals surface area contributed by atoms with Gasteiger partial charge in [-0.3, -0.25) is 4.90 Å². The molecular weight excluding hydrogens is 226 g/mol. The van der Waals surface area contributed by atoms with Crippen LogP contribution in [0.3, 0.4) is 0 Å². The lowest BCUT2D eigenvalue weighted by molar-refractivity contribution is 0.0572. The van der Waals surface area contributed by atoms with Crippen molar-refractivity contribution in [2.45, 2.75) is 32.8 Å². The molecule has 0 saturated carbocycles. The smallest absolute Gasteiger partial charge is 0.0544 e. The van der Waals surface area contributed by atoms with Crippen LogP contribution in [0.15, 0.2) is 0 Å². The van der Waals surface area contributed by atoms with Gasteiger partial charge in [-0.15, -0.1) is 0 Å². The number of hydrogen-bond acceptors (Lipinski definition) is 4. The second-order valence-electron chi connectivity index (χ2n) is 5.34. The van der Waals surface area contributed by atoms with Gasteiger partial charge >= 0.3 is 0 Å². The molecule has 1 unspecified atom stereocenters. The van der Waals surface area contributed by atoms with Gasteiger partial charge in [0.15, 0.2) is 0 Å². The summed E-state index contributed by atoms with van der Waals surface area (Å²) in [5, 5.41) is 3.39. The Morgan fingerprint density at radius 1 is 1.28 bits per heavy atom. The molecule has 0 aliphatic carbocycles. The maximum atomic E-state index is 5.69. The molecule has 0 bridgehead atoms. The summed E-state index contributed by atoms with van der Waals surface area (Å²) in [6.07, 6.45) is 2.66. The van der Waals surface area contributed by atoms with E-state index < -0.39 is 0 Å². The summed E-state index contributed by atoms with van der Waals surface area (Å²) in [6, 6.07) is 0. The monoisotopic (exact) mass is 257 g/mol. The third-order valence-electron chi connectivity index (χ3n) is 3.67. The molecule has 1 saturated heterocycles. The van der Waals surface area contributed by atoms with Gasteiger partial charge in [-0.25, -0.2) is 0 Å². The minimum Gasteiger partial charge on any atom is -0.378 e. The molecule has 4 heteroatoms. The van der Waals surface area contributed by atoms with Gasteiger partial charge in [-0.1, -0.05) is 6.92 Å². The molecule has 0 aromatic carbocycles. The van der Waals surface area contributed by atoms with Gasteiger partial charge in [-0.05, 0) is 26.8 Å². The Kier molecular flexibility index (Phi) is 8.59. The van der Waals surface area contributed by atoms with Crippen LogP contribution in [0.2, 0.25) is 0 Å². The van der Waals surface area contributed by atoms with Crippen molar-refractivity contribution >= 4 is 0 Å². The van der Waals surface area contributed by atoms with Crippen LogP contribution in [0, 0.1) is 0 Å². The standard InChI is InChI=1S/C14H31N3O/c1-4-14(2)18-13-5-8-16(3)11-12-17-9-6-15-7-10-17/h14-15H,4-13H2,1-3H3. The molecule has 108 valence electrons. The van der Waals surface area contributed by atoms with Crippen molar-refractivity contribution in [2.75, 3.05) is 59.5 Å². The second kappa shape index (κ2) is 9.73. The molecule has 1 atom stereocenters. The molecule has 0 spiro atoms. The highest BCUT2D eigenvalue weighted by Crippen LogP contribution is 1.98. The first kappa shape index (κ1) is 15.9. The molecule has 1 aliphatic rings. The third kappa shape index (κ3) is 7.31. The van der Waals surface area contributed by atoms with Crippen LogP contribution in [-0.4, -0.2) is 75.4 Å². The van der Waals surface area contributed by atoms with Gasteiger partial charge in [0.25, 0.3) is 0 Å². The Morgan fingerprint density at radius 2 is 2.00 bits per heavy atom. The minimum atomic E-state index is 0.413. The molecule has 0 aromatic rings. The van der Waals surface area contributed by atoms with Crippen molar-refractivity contribution in [1.82, 2.24) is 15.1 Å². The first-order chi connectivity index (χ1) is 8.72. The van der Waals surface area contributed by atoms with E-state index in [-0.39, 0.29) is 0 Å². The fourth-order valence-corrected chi connectivity index (χ4v) is 2.10. The number of hydrogen-bond donors (Lipinski definition) is 1. The Morgan fingerprint density at radius 3 is 2.67 bits per heavy atom. The van der Waals surface area contributed by atoms with E-state index in [9.17, 15) is 0 Å². The fraction of sp³-hybridized carbons (Fsp3) is 1.00. The number of nitrogens with zero attached hydrogens (tertiary/aromatic N) is 2. The van der Waals surface area contributed by atoms with Gasteiger partial charge in [0.2, 0.25) is 0 Å². The second-order valence-corrected chi connectivity index (χ2v) is 5.34. The highest BCUT2D eigenvalue weighted by atomic mass is 16.5. The van der Waals surface area contributed by atoms with Crippen molar-refractivity contribution in [3.63, 3.8) is 0 Å². The first-order valence-corrected chi connectivity index (χ1v) is 7.45. The summed E-state index contributed by atoms with van der Waals surface area (Å²) in [4.78, 5) is 4.96. The fourth-order valence-electron chi connectivity index (χ4n) is 2.10. The van der Waals surface area contributed by atoms with E-state index in [0.29, 0.717) is 6.10 Å². The summed E-state index contributed by atoms with van der Waals surface area (Å²) in [7, 11) is 2.21. The summed E-state index contributed by atoms with van der Waals surface area (Å²) < 4.78 is 5.69. The molecule has 0 radical (unpaired) electrons. The van der Waals surface area contributed by atoms with Gasteiger partial charge in [0, 0.05) is 52.4 Å². The Labute approximate surface area is 113 Å². The summed E-state index contributed by atoms with van der Waals surface area (Å²) in [6.45, 7) is 13.4. The third-order valence-corrected chi connectivity index (χ3v) is 3.67. The van der Waals surface area contributed by atoms with Gasteiger partial charge in [0.1, 0.15) is 0 Å². The van der Waals surface area contributed by atoms with E-state index in [1.165, 1.54) is 26.2 Å². The molecule has 4 nitrogen and oxygen atoms in total. The van der Waals surface area contributed by atoms with Crippen LogP contribution in [0.5, 0.6) is 0 Å². The van der Waals surface area contributed by atoms with Crippen LogP contribution in [0.4, 0.5) is 0 Å². The van der Waals surface area contributed by atoms with E-state index >= 15 is 0 Å². The lowest BCUT2D eigenvalue weighted by Gasteiger charge is -2.29. The number of piperazine rings is 1. The zero-order valence-corrected chi connectivity index (χ0v) is 12.5. The summed E-state index contributed by atoms with van der Waals surface area (Å²) in [5.41, 5.74) is 0. The van der Waals surface area contributed by atoms with Crippen molar-refractivity contribution in [2.24, 2.45) is 0 Å². The van der Waals surface area contributed by atoms with Crippen LogP contribution in [0.1, 0.15) is 26.7 Å². The van der Waals surface area contributed by atoms with Crippen molar-refractivity contribution < 1.29 is 4.74 Å². The predicted molar refractivity (Wildman–Crippen MR) is 77.1 cm³/mol. The molecule has 1 rings (SSSR count). The van der Waals surface area contributed by atoms with Crippen molar-refractivity contribution in [3.05, 3.63) is 0 Å². The first-order valence-electron chi connectivity index (χ1n) is 7.45. The van der Waals surface area contributed by atoms with Gasteiger partial charge in [-0.2, -0.15) is 0 Å². The lowest BCUT2D eigenvalue weighted by atomic mass is 10.3. The van der Waals surface area contributed by atoms with Crippen LogP contribution in [-0.2, 0) is 4.74 Å². The maximum absolute atomic E-state index is 5.69. The molecule has 18 heavy (non-hydrogen) atoms. The Balaban J connectivity index is 1.94. The molecule has 1 fully saturated rings. The average molecular weight is 257 g/mol. The number of likely N-dealkylation sites (N-methyl/N-ethyl adjacent to an activating group) is 1. The SMILES string of the molecule is CCC(C)OCCCN(C)CCN1CCNCC1. The van der Waals surface area contributed by atoms with Gasteiger partial charge < -0.3 is 15.0 Å². The van der Waals surface area contributed by atoms with Crippen LogP contribution >= 0.6 is 0 Å². The molecule has 1 aliphatic heterocycles. The van der Waals surface area contributed by atoms with Gasteiger partial charge in [0.05, 0.1) is 6.10 Å². The highest BCUT2D eigenvalue weighted by Gasteiger charge is 2.09. The van der Waals surface area contributed by atoms with E-state index in [0.717, 1.165) is 39.1 Å². The molecular formula is C14H31N3O. The van der Waals surface area contributed by atoms with E-state index in [2.05, 4.69) is 36.0 Å². The Bertz CT molecular complexity index is 195. The normalized spacial score (nSPS) is 19.3. The Hall–Kier alpha value is -0.160. The number of rotatable bonds is 9. The predicted octanol–water partition coefficient (Wildman–Crippen LogP) is 1.03. The van der Waals surface area contributed by atoms with E-state index in [1.807, 2.05) is 0 Å². The maximum Gasteiger partial charge on any atom is 0.0544 e. The molecule has 1 heterocycles. The highest BCUT2D eigenvalue weighted by molar-refractivity contribution is 4.68.